The number of benzene rings is 1. The summed E-state index contributed by atoms with van der Waals surface area (Å²) in [6.45, 7) is 5.77. The Balaban J connectivity index is 1.49. The number of carbonyl (C=O) groups excluding carboxylic acids is 2. The molecule has 0 saturated carbocycles. The summed E-state index contributed by atoms with van der Waals surface area (Å²) in [5.41, 5.74) is 4.10. The van der Waals surface area contributed by atoms with E-state index in [1.165, 1.54) is 0 Å². The van der Waals surface area contributed by atoms with Gasteiger partial charge in [-0.15, -0.1) is 0 Å². The summed E-state index contributed by atoms with van der Waals surface area (Å²) in [5, 5.41) is 12.7. The Morgan fingerprint density at radius 2 is 2.21 bits per heavy atom. The number of aromatic nitrogens is 2. The highest BCUT2D eigenvalue weighted by molar-refractivity contribution is 6.06. The number of nitrogens with one attached hydrogen (secondary N) is 3. The van der Waals surface area contributed by atoms with E-state index in [-0.39, 0.29) is 11.9 Å². The molecule has 7 heteroatoms. The quantitative estimate of drug-likeness (QED) is 0.734. The summed E-state index contributed by atoms with van der Waals surface area (Å²) in [6.07, 6.45) is 0.781. The molecule has 0 aliphatic carbocycles. The number of hydrogen-bond donors (Lipinski definition) is 3. The zero-order chi connectivity index (χ0) is 17.1. The standard InChI is InChI=1S/C17H21N5O2/c1-11-9-12(2)22(21-11)8-4-7-18-17(24)20-14-6-3-5-13-10-19-16(23)15(13)14/h3,5-6,9H,4,7-8,10H2,1-2H3,(H,19,23)(H2,18,20,24). The highest BCUT2D eigenvalue weighted by Crippen LogP contribution is 2.23. The number of nitrogens with zero attached hydrogens (tertiary/aromatic N) is 2. The van der Waals surface area contributed by atoms with Crippen LogP contribution in [0.5, 0.6) is 0 Å². The molecule has 3 N–H and O–H groups in total. The third-order valence-corrected chi connectivity index (χ3v) is 4.00. The van der Waals surface area contributed by atoms with Crippen molar-refractivity contribution in [1.82, 2.24) is 20.4 Å². The fourth-order valence-corrected chi connectivity index (χ4v) is 2.88. The summed E-state index contributed by atoms with van der Waals surface area (Å²) in [6, 6.07) is 7.17. The maximum atomic E-state index is 12.0. The second kappa shape index (κ2) is 6.74. The lowest BCUT2D eigenvalue weighted by Crippen LogP contribution is -2.31. The van der Waals surface area contributed by atoms with Crippen LogP contribution < -0.4 is 16.0 Å². The van der Waals surface area contributed by atoms with Crippen molar-refractivity contribution in [1.29, 1.82) is 0 Å². The van der Waals surface area contributed by atoms with Crippen molar-refractivity contribution in [3.8, 4) is 0 Å². The zero-order valence-corrected chi connectivity index (χ0v) is 13.8. The van der Waals surface area contributed by atoms with Gasteiger partial charge in [0.1, 0.15) is 0 Å². The maximum Gasteiger partial charge on any atom is 0.319 e. The van der Waals surface area contributed by atoms with E-state index in [0.717, 1.165) is 29.9 Å². The van der Waals surface area contributed by atoms with Crippen molar-refractivity contribution in [2.45, 2.75) is 33.4 Å². The van der Waals surface area contributed by atoms with E-state index in [4.69, 9.17) is 0 Å². The molecular formula is C17H21N5O2. The van der Waals surface area contributed by atoms with Gasteiger partial charge in [-0.3, -0.25) is 9.48 Å². The normalized spacial score (nSPS) is 12.7. The fraction of sp³-hybridized carbons (Fsp3) is 0.353. The van der Waals surface area contributed by atoms with Crippen LogP contribution in [0.2, 0.25) is 0 Å². The Kier molecular flexibility index (Phi) is 4.50. The second-order valence-corrected chi connectivity index (χ2v) is 5.91. The molecule has 7 nitrogen and oxygen atoms in total. The summed E-state index contributed by atoms with van der Waals surface area (Å²) in [7, 11) is 0. The average molecular weight is 327 g/mol. The molecule has 3 rings (SSSR count). The van der Waals surface area contributed by atoms with E-state index in [0.29, 0.717) is 24.3 Å². The highest BCUT2D eigenvalue weighted by atomic mass is 16.2. The molecule has 0 fully saturated rings. The van der Waals surface area contributed by atoms with Crippen molar-refractivity contribution in [3.63, 3.8) is 0 Å². The monoisotopic (exact) mass is 327 g/mol. The number of carbonyl (C=O) groups is 2. The molecule has 2 aromatic rings. The lowest BCUT2D eigenvalue weighted by atomic mass is 10.1. The molecule has 1 aromatic carbocycles. The first kappa shape index (κ1) is 16.0. The van der Waals surface area contributed by atoms with Crippen LogP contribution in [0.15, 0.2) is 24.3 Å². The van der Waals surface area contributed by atoms with E-state index < -0.39 is 0 Å². The number of aryl methyl sites for hydroxylation is 3. The van der Waals surface area contributed by atoms with Gasteiger partial charge in [-0.25, -0.2) is 4.79 Å². The largest absolute Gasteiger partial charge is 0.348 e. The Morgan fingerprint density at radius 3 is 2.96 bits per heavy atom. The average Bonchev–Trinajstić information content (AvgIpc) is 3.07. The lowest BCUT2D eigenvalue weighted by Gasteiger charge is -2.10. The van der Waals surface area contributed by atoms with Gasteiger partial charge in [-0.2, -0.15) is 5.10 Å². The number of amides is 3. The van der Waals surface area contributed by atoms with E-state index in [1.54, 1.807) is 6.07 Å². The van der Waals surface area contributed by atoms with Gasteiger partial charge < -0.3 is 16.0 Å². The SMILES string of the molecule is Cc1cc(C)n(CCCNC(=O)Nc2cccc3c2C(=O)NC3)n1. The Bertz CT molecular complexity index is 781. The molecule has 0 bridgehead atoms. The van der Waals surface area contributed by atoms with Crippen molar-refractivity contribution >= 4 is 17.6 Å². The van der Waals surface area contributed by atoms with Crippen LogP contribution >= 0.6 is 0 Å². The van der Waals surface area contributed by atoms with E-state index in [9.17, 15) is 9.59 Å². The maximum absolute atomic E-state index is 12.0. The molecular weight excluding hydrogens is 306 g/mol. The minimum absolute atomic E-state index is 0.148. The predicted molar refractivity (Wildman–Crippen MR) is 91.0 cm³/mol. The first-order valence-corrected chi connectivity index (χ1v) is 8.00. The first-order valence-electron chi connectivity index (χ1n) is 8.00. The van der Waals surface area contributed by atoms with Gasteiger partial charge in [0.15, 0.2) is 0 Å². The van der Waals surface area contributed by atoms with Gasteiger partial charge in [-0.05, 0) is 38.0 Å². The van der Waals surface area contributed by atoms with E-state index in [2.05, 4.69) is 21.0 Å². The summed E-state index contributed by atoms with van der Waals surface area (Å²) in [5.74, 6) is -0.148. The molecule has 0 saturated heterocycles. The van der Waals surface area contributed by atoms with Crippen molar-refractivity contribution < 1.29 is 9.59 Å². The molecule has 0 spiro atoms. The number of fused-ring (bicyclic) bond motifs is 1. The van der Waals surface area contributed by atoms with Gasteiger partial charge in [0.25, 0.3) is 5.91 Å². The fourth-order valence-electron chi connectivity index (χ4n) is 2.88. The second-order valence-electron chi connectivity index (χ2n) is 5.91. The van der Waals surface area contributed by atoms with Crippen LogP contribution in [-0.2, 0) is 13.1 Å². The van der Waals surface area contributed by atoms with Crippen molar-refractivity contribution in [2.24, 2.45) is 0 Å². The Labute approximate surface area is 140 Å². The lowest BCUT2D eigenvalue weighted by molar-refractivity contribution is 0.0966. The van der Waals surface area contributed by atoms with Gasteiger partial charge in [0, 0.05) is 25.3 Å². The number of urea groups is 1. The summed E-state index contributed by atoms with van der Waals surface area (Å²) < 4.78 is 1.93. The molecule has 0 atom stereocenters. The molecule has 2 heterocycles. The zero-order valence-electron chi connectivity index (χ0n) is 13.8. The predicted octanol–water partition coefficient (Wildman–Crippen LogP) is 1.96. The van der Waals surface area contributed by atoms with Crippen LogP contribution in [0.1, 0.15) is 33.7 Å². The summed E-state index contributed by atoms with van der Waals surface area (Å²) in [4.78, 5) is 23.9. The number of anilines is 1. The van der Waals surface area contributed by atoms with Crippen LogP contribution in [0.3, 0.4) is 0 Å². The molecule has 0 radical (unpaired) electrons. The highest BCUT2D eigenvalue weighted by Gasteiger charge is 2.22. The number of rotatable bonds is 5. The Morgan fingerprint density at radius 1 is 1.38 bits per heavy atom. The topological polar surface area (TPSA) is 88.0 Å². The molecule has 126 valence electrons. The van der Waals surface area contributed by atoms with Gasteiger partial charge in [-0.1, -0.05) is 12.1 Å². The molecule has 1 aliphatic heterocycles. The van der Waals surface area contributed by atoms with Gasteiger partial charge in [0.2, 0.25) is 0 Å². The van der Waals surface area contributed by atoms with Crippen LogP contribution in [0, 0.1) is 13.8 Å². The number of hydrogen-bond acceptors (Lipinski definition) is 3. The van der Waals surface area contributed by atoms with Crippen LogP contribution in [-0.4, -0.2) is 28.3 Å². The minimum atomic E-state index is -0.309. The Hall–Kier alpha value is -2.83. The minimum Gasteiger partial charge on any atom is -0.348 e. The van der Waals surface area contributed by atoms with Crippen LogP contribution in [0.4, 0.5) is 10.5 Å². The molecule has 3 amide bonds. The van der Waals surface area contributed by atoms with Gasteiger partial charge >= 0.3 is 6.03 Å². The first-order chi connectivity index (χ1) is 11.5. The summed E-state index contributed by atoms with van der Waals surface area (Å²) >= 11 is 0. The molecule has 0 unspecified atom stereocenters. The van der Waals surface area contributed by atoms with Crippen molar-refractivity contribution in [3.05, 3.63) is 46.8 Å². The third kappa shape index (κ3) is 3.40. The molecule has 1 aromatic heterocycles. The third-order valence-electron chi connectivity index (χ3n) is 4.00. The van der Waals surface area contributed by atoms with Crippen LogP contribution in [0.25, 0.3) is 0 Å². The smallest absolute Gasteiger partial charge is 0.319 e. The van der Waals surface area contributed by atoms with E-state index >= 15 is 0 Å². The van der Waals surface area contributed by atoms with Crippen molar-refractivity contribution in [2.75, 3.05) is 11.9 Å². The van der Waals surface area contributed by atoms with E-state index in [1.807, 2.05) is 36.7 Å². The molecule has 24 heavy (non-hydrogen) atoms. The molecule has 1 aliphatic rings. The van der Waals surface area contributed by atoms with Gasteiger partial charge in [0.05, 0.1) is 16.9 Å².